The maximum atomic E-state index is 5.65. The molecule has 1 aliphatic rings. The first-order valence-corrected chi connectivity index (χ1v) is 13.2. The first-order valence-electron chi connectivity index (χ1n) is 13.2. The van der Waals surface area contributed by atoms with Crippen molar-refractivity contribution < 1.29 is 4.74 Å². The van der Waals surface area contributed by atoms with Gasteiger partial charge in [0.25, 0.3) is 0 Å². The van der Waals surface area contributed by atoms with Crippen molar-refractivity contribution in [3.63, 3.8) is 0 Å². The van der Waals surface area contributed by atoms with E-state index in [-0.39, 0.29) is 0 Å². The molecule has 0 N–H and O–H groups in total. The Morgan fingerprint density at radius 2 is 1.33 bits per heavy atom. The SMILES string of the molecule is C=CCc1ccc(CCCC[C@H]2CC[C@H](CCc3ccc(COC/C=C/C)cc3)CC2)cc1. The molecule has 0 atom stereocenters. The Morgan fingerprint density at radius 3 is 1.97 bits per heavy atom. The average molecular weight is 445 g/mol. The molecule has 2 aromatic rings. The maximum absolute atomic E-state index is 5.65. The van der Waals surface area contributed by atoms with E-state index in [1.807, 2.05) is 25.2 Å². The van der Waals surface area contributed by atoms with Gasteiger partial charge in [-0.1, -0.05) is 105 Å². The molecule has 1 aliphatic carbocycles. The number of aryl methyl sites for hydroxylation is 2. The second kappa shape index (κ2) is 14.9. The molecule has 0 radical (unpaired) electrons. The number of allylic oxidation sites excluding steroid dienone is 2. The fourth-order valence-corrected chi connectivity index (χ4v) is 5.09. The third kappa shape index (κ3) is 9.72. The van der Waals surface area contributed by atoms with E-state index in [9.17, 15) is 0 Å². The first kappa shape index (κ1) is 25.5. The zero-order valence-corrected chi connectivity index (χ0v) is 20.8. The largest absolute Gasteiger partial charge is 0.373 e. The number of hydrogen-bond donors (Lipinski definition) is 0. The Morgan fingerprint density at radius 1 is 0.758 bits per heavy atom. The van der Waals surface area contributed by atoms with Crippen molar-refractivity contribution in [3.05, 3.63) is 95.6 Å². The normalized spacial score (nSPS) is 18.6. The molecule has 33 heavy (non-hydrogen) atoms. The highest BCUT2D eigenvalue weighted by Gasteiger charge is 2.20. The number of unbranched alkanes of at least 4 members (excludes halogenated alkanes) is 1. The van der Waals surface area contributed by atoms with Crippen LogP contribution in [0.5, 0.6) is 0 Å². The topological polar surface area (TPSA) is 9.23 Å². The summed E-state index contributed by atoms with van der Waals surface area (Å²) in [5.41, 5.74) is 5.61. The summed E-state index contributed by atoms with van der Waals surface area (Å²) < 4.78 is 5.65. The molecule has 178 valence electrons. The number of hydrogen-bond acceptors (Lipinski definition) is 1. The average Bonchev–Trinajstić information content (AvgIpc) is 2.86. The highest BCUT2D eigenvalue weighted by molar-refractivity contribution is 5.24. The van der Waals surface area contributed by atoms with Crippen LogP contribution >= 0.6 is 0 Å². The van der Waals surface area contributed by atoms with Gasteiger partial charge < -0.3 is 4.74 Å². The van der Waals surface area contributed by atoms with E-state index in [4.69, 9.17) is 4.74 Å². The molecular weight excluding hydrogens is 400 g/mol. The highest BCUT2D eigenvalue weighted by Crippen LogP contribution is 2.34. The summed E-state index contributed by atoms with van der Waals surface area (Å²) in [7, 11) is 0. The van der Waals surface area contributed by atoms with Crippen LogP contribution in [-0.2, 0) is 30.6 Å². The minimum absolute atomic E-state index is 0.700. The molecule has 0 amide bonds. The Hall–Kier alpha value is -2.12. The molecule has 0 saturated heterocycles. The Labute approximate surface area is 203 Å². The van der Waals surface area contributed by atoms with Crippen molar-refractivity contribution in [3.8, 4) is 0 Å². The molecule has 0 aliphatic heterocycles. The Balaban J connectivity index is 1.25. The van der Waals surface area contributed by atoms with Gasteiger partial charge in [-0.2, -0.15) is 0 Å². The van der Waals surface area contributed by atoms with Crippen molar-refractivity contribution in [2.75, 3.05) is 6.61 Å². The third-order valence-corrected chi connectivity index (χ3v) is 7.28. The lowest BCUT2D eigenvalue weighted by molar-refractivity contribution is 0.148. The van der Waals surface area contributed by atoms with Gasteiger partial charge in [0.2, 0.25) is 0 Å². The van der Waals surface area contributed by atoms with Gasteiger partial charge in [-0.3, -0.25) is 0 Å². The van der Waals surface area contributed by atoms with Crippen LogP contribution in [0.4, 0.5) is 0 Å². The first-order chi connectivity index (χ1) is 16.3. The lowest BCUT2D eigenvalue weighted by Gasteiger charge is -2.28. The van der Waals surface area contributed by atoms with Crippen molar-refractivity contribution >= 4 is 0 Å². The fourth-order valence-electron chi connectivity index (χ4n) is 5.09. The quantitative estimate of drug-likeness (QED) is 0.209. The summed E-state index contributed by atoms with van der Waals surface area (Å²) >= 11 is 0. The van der Waals surface area contributed by atoms with E-state index >= 15 is 0 Å². The van der Waals surface area contributed by atoms with Gasteiger partial charge in [-0.15, -0.1) is 6.58 Å². The molecule has 1 nitrogen and oxygen atoms in total. The molecule has 1 saturated carbocycles. The fraction of sp³-hybridized carbons (Fsp3) is 0.500. The van der Waals surface area contributed by atoms with Crippen LogP contribution in [0.2, 0.25) is 0 Å². The van der Waals surface area contributed by atoms with Crippen LogP contribution in [0, 0.1) is 11.8 Å². The van der Waals surface area contributed by atoms with Gasteiger partial charge in [0.15, 0.2) is 0 Å². The molecule has 1 heteroatoms. The third-order valence-electron chi connectivity index (χ3n) is 7.28. The summed E-state index contributed by atoms with van der Waals surface area (Å²) in [6.07, 6.45) is 20.7. The van der Waals surface area contributed by atoms with Gasteiger partial charge in [0, 0.05) is 0 Å². The van der Waals surface area contributed by atoms with Crippen molar-refractivity contribution in [2.24, 2.45) is 11.8 Å². The van der Waals surface area contributed by atoms with E-state index in [0.29, 0.717) is 13.2 Å². The molecule has 0 bridgehead atoms. The second-order valence-electron chi connectivity index (χ2n) is 9.88. The summed E-state index contributed by atoms with van der Waals surface area (Å²) in [6, 6.07) is 18.2. The number of benzene rings is 2. The predicted octanol–water partition coefficient (Wildman–Crippen LogP) is 8.66. The van der Waals surface area contributed by atoms with E-state index in [1.54, 1.807) is 0 Å². The molecule has 2 aromatic carbocycles. The van der Waals surface area contributed by atoms with E-state index in [0.717, 1.165) is 18.3 Å². The van der Waals surface area contributed by atoms with Crippen molar-refractivity contribution in [2.45, 2.75) is 84.2 Å². The zero-order chi connectivity index (χ0) is 23.1. The van der Waals surface area contributed by atoms with Crippen LogP contribution in [0.25, 0.3) is 0 Å². The summed E-state index contributed by atoms with van der Waals surface area (Å²) in [4.78, 5) is 0. The molecule has 3 rings (SSSR count). The van der Waals surface area contributed by atoms with E-state index in [1.165, 1.54) is 86.5 Å². The predicted molar refractivity (Wildman–Crippen MR) is 143 cm³/mol. The molecule has 0 heterocycles. The minimum Gasteiger partial charge on any atom is -0.373 e. The lowest BCUT2D eigenvalue weighted by Crippen LogP contribution is -2.15. The molecule has 0 spiro atoms. The van der Waals surface area contributed by atoms with Crippen molar-refractivity contribution in [1.82, 2.24) is 0 Å². The summed E-state index contributed by atoms with van der Waals surface area (Å²) in [5, 5.41) is 0. The van der Waals surface area contributed by atoms with Crippen LogP contribution < -0.4 is 0 Å². The lowest BCUT2D eigenvalue weighted by atomic mass is 9.77. The Bertz CT molecular complexity index is 807. The van der Waals surface area contributed by atoms with Crippen LogP contribution in [0.15, 0.2) is 73.3 Å². The van der Waals surface area contributed by atoms with Crippen LogP contribution in [0.3, 0.4) is 0 Å². The minimum atomic E-state index is 0.700. The zero-order valence-electron chi connectivity index (χ0n) is 20.8. The summed E-state index contributed by atoms with van der Waals surface area (Å²) in [6.45, 7) is 7.25. The molecule has 0 aromatic heterocycles. The standard InChI is InChI=1S/C32H44O/c1-3-5-25-33-26-32-23-21-31(22-24-32)20-19-30-17-15-29(16-18-30)10-7-6-9-28-13-11-27(8-4-2)12-14-28/h3-5,11-14,21-24,29-30H,2,6-10,15-20,25-26H2,1H3/b5-3+/t29-,30-. The van der Waals surface area contributed by atoms with Gasteiger partial charge in [-0.05, 0) is 73.1 Å². The monoisotopic (exact) mass is 444 g/mol. The van der Waals surface area contributed by atoms with Crippen molar-refractivity contribution in [1.29, 1.82) is 0 Å². The molecular formula is C32H44O. The number of ether oxygens (including phenoxy) is 1. The highest BCUT2D eigenvalue weighted by atomic mass is 16.5. The van der Waals surface area contributed by atoms with Gasteiger partial charge in [0.05, 0.1) is 13.2 Å². The second-order valence-corrected chi connectivity index (χ2v) is 9.88. The molecule has 0 unspecified atom stereocenters. The van der Waals surface area contributed by atoms with Gasteiger partial charge in [-0.25, -0.2) is 0 Å². The summed E-state index contributed by atoms with van der Waals surface area (Å²) in [5.74, 6) is 1.90. The maximum Gasteiger partial charge on any atom is 0.0721 e. The van der Waals surface area contributed by atoms with Crippen LogP contribution in [0.1, 0.15) is 80.5 Å². The van der Waals surface area contributed by atoms with E-state index in [2.05, 4.69) is 55.1 Å². The molecule has 1 fully saturated rings. The van der Waals surface area contributed by atoms with Gasteiger partial charge in [0.1, 0.15) is 0 Å². The van der Waals surface area contributed by atoms with E-state index < -0.39 is 0 Å². The number of rotatable bonds is 14. The van der Waals surface area contributed by atoms with Crippen LogP contribution in [-0.4, -0.2) is 6.61 Å². The van der Waals surface area contributed by atoms with Gasteiger partial charge >= 0.3 is 0 Å². The smallest absolute Gasteiger partial charge is 0.0721 e. The Kier molecular flexibility index (Phi) is 11.5.